The number of likely N-dealkylation sites (N-methyl/N-ethyl adjacent to an activating group) is 1. The Bertz CT molecular complexity index is 402. The third-order valence-electron chi connectivity index (χ3n) is 5.13. The number of nitrogens with two attached hydrogens (primary N) is 1. The highest BCUT2D eigenvalue weighted by Crippen LogP contribution is 2.36. The van der Waals surface area contributed by atoms with Gasteiger partial charge in [0.25, 0.3) is 0 Å². The second kappa shape index (κ2) is 6.73. The fraction of sp³-hybridized carbons (Fsp3) is 0.667. The van der Waals surface area contributed by atoms with E-state index in [9.17, 15) is 0 Å². The molecule has 112 valence electrons. The Balaban J connectivity index is 2.11. The van der Waals surface area contributed by atoms with Crippen LogP contribution < -0.4 is 5.73 Å². The lowest BCUT2D eigenvalue weighted by Gasteiger charge is -2.47. The molecule has 1 aromatic rings. The molecule has 0 aromatic heterocycles. The van der Waals surface area contributed by atoms with Crippen LogP contribution in [0, 0.1) is 12.8 Å². The average molecular weight is 274 g/mol. The predicted octanol–water partition coefficient (Wildman–Crippen LogP) is 3.72. The third-order valence-corrected chi connectivity index (χ3v) is 5.13. The Kier molecular flexibility index (Phi) is 5.22. The number of benzene rings is 1. The molecule has 0 atom stereocenters. The summed E-state index contributed by atoms with van der Waals surface area (Å²) in [5.74, 6) is 0.868. The van der Waals surface area contributed by atoms with E-state index >= 15 is 0 Å². The Labute approximate surface area is 124 Å². The first kappa shape index (κ1) is 15.5. The molecule has 1 aliphatic rings. The summed E-state index contributed by atoms with van der Waals surface area (Å²) in [4.78, 5) is 2.61. The van der Waals surface area contributed by atoms with E-state index in [1.165, 1.54) is 36.8 Å². The molecule has 0 radical (unpaired) electrons. The van der Waals surface area contributed by atoms with Crippen molar-refractivity contribution < 1.29 is 0 Å². The zero-order chi connectivity index (χ0) is 14.6. The summed E-state index contributed by atoms with van der Waals surface area (Å²) in [7, 11) is 0. The van der Waals surface area contributed by atoms with Crippen LogP contribution in [0.25, 0.3) is 0 Å². The zero-order valence-corrected chi connectivity index (χ0v) is 13.4. The van der Waals surface area contributed by atoms with Crippen molar-refractivity contribution in [2.75, 3.05) is 13.1 Å². The number of hydrogen-bond donors (Lipinski definition) is 1. The van der Waals surface area contributed by atoms with Gasteiger partial charge in [0.1, 0.15) is 0 Å². The van der Waals surface area contributed by atoms with Crippen molar-refractivity contribution in [1.82, 2.24) is 4.90 Å². The minimum atomic E-state index is 0.228. The van der Waals surface area contributed by atoms with Gasteiger partial charge in [-0.2, -0.15) is 0 Å². The van der Waals surface area contributed by atoms with E-state index in [4.69, 9.17) is 5.73 Å². The molecule has 0 bridgehead atoms. The van der Waals surface area contributed by atoms with Crippen LogP contribution in [-0.2, 0) is 6.54 Å². The lowest BCUT2D eigenvalue weighted by atomic mass is 9.76. The van der Waals surface area contributed by atoms with Gasteiger partial charge in [-0.25, -0.2) is 0 Å². The quantitative estimate of drug-likeness (QED) is 0.886. The molecular weight excluding hydrogens is 244 g/mol. The van der Waals surface area contributed by atoms with Crippen LogP contribution in [0.5, 0.6) is 0 Å². The summed E-state index contributed by atoms with van der Waals surface area (Å²) in [6.07, 6.45) is 5.15. The lowest BCUT2D eigenvalue weighted by molar-refractivity contribution is 0.0423. The summed E-state index contributed by atoms with van der Waals surface area (Å²) in [5, 5.41) is 0. The molecule has 20 heavy (non-hydrogen) atoms. The Morgan fingerprint density at radius 3 is 2.30 bits per heavy atom. The maximum Gasteiger partial charge on any atom is 0.0335 e. The first-order chi connectivity index (χ1) is 9.59. The van der Waals surface area contributed by atoms with Gasteiger partial charge in [0.05, 0.1) is 0 Å². The molecule has 2 nitrogen and oxygen atoms in total. The van der Waals surface area contributed by atoms with Gasteiger partial charge in [0.15, 0.2) is 0 Å². The lowest BCUT2D eigenvalue weighted by Crippen LogP contribution is -2.55. The molecule has 0 saturated heterocycles. The van der Waals surface area contributed by atoms with Crippen molar-refractivity contribution in [3.63, 3.8) is 0 Å². The van der Waals surface area contributed by atoms with Crippen LogP contribution >= 0.6 is 0 Å². The van der Waals surface area contributed by atoms with Crippen molar-refractivity contribution in [3.05, 3.63) is 35.4 Å². The van der Waals surface area contributed by atoms with Crippen LogP contribution in [0.2, 0.25) is 0 Å². The number of nitrogens with zero attached hydrogens (tertiary/aromatic N) is 1. The summed E-state index contributed by atoms with van der Waals surface area (Å²) in [6, 6.07) is 8.93. The van der Waals surface area contributed by atoms with E-state index in [-0.39, 0.29) is 5.54 Å². The van der Waals surface area contributed by atoms with Crippen molar-refractivity contribution in [2.45, 2.75) is 58.5 Å². The molecule has 0 aliphatic heterocycles. The number of hydrogen-bond acceptors (Lipinski definition) is 2. The van der Waals surface area contributed by atoms with Crippen LogP contribution in [0.15, 0.2) is 24.3 Å². The van der Waals surface area contributed by atoms with Crippen molar-refractivity contribution in [1.29, 1.82) is 0 Å². The van der Waals surface area contributed by atoms with Crippen LogP contribution in [-0.4, -0.2) is 23.5 Å². The molecule has 1 saturated carbocycles. The Hall–Kier alpha value is -0.860. The van der Waals surface area contributed by atoms with E-state index in [0.29, 0.717) is 0 Å². The standard InChI is InChI=1S/C18H30N2/c1-4-20(13-17-7-5-15(2)6-8-17)18(14-19)11-9-16(3)10-12-18/h5-8,16H,4,9-14,19H2,1-3H3. The fourth-order valence-corrected chi connectivity index (χ4v) is 3.48. The molecule has 2 heteroatoms. The molecule has 2 rings (SSSR count). The maximum atomic E-state index is 6.20. The molecular formula is C18H30N2. The SMILES string of the molecule is CCN(Cc1ccc(C)cc1)C1(CN)CCC(C)CC1. The second-order valence-electron chi connectivity index (χ2n) is 6.61. The predicted molar refractivity (Wildman–Crippen MR) is 86.7 cm³/mol. The van der Waals surface area contributed by atoms with Gasteiger partial charge in [-0.1, -0.05) is 43.7 Å². The van der Waals surface area contributed by atoms with Gasteiger partial charge in [-0.05, 0) is 50.6 Å². The van der Waals surface area contributed by atoms with Gasteiger partial charge in [0.2, 0.25) is 0 Å². The van der Waals surface area contributed by atoms with E-state index in [1.54, 1.807) is 0 Å². The molecule has 0 amide bonds. The van der Waals surface area contributed by atoms with Gasteiger partial charge < -0.3 is 5.73 Å². The van der Waals surface area contributed by atoms with Gasteiger partial charge in [0, 0.05) is 18.6 Å². The fourth-order valence-electron chi connectivity index (χ4n) is 3.48. The molecule has 1 aliphatic carbocycles. The van der Waals surface area contributed by atoms with Crippen LogP contribution in [0.3, 0.4) is 0 Å². The topological polar surface area (TPSA) is 29.3 Å². The molecule has 0 spiro atoms. The Morgan fingerprint density at radius 1 is 1.20 bits per heavy atom. The molecule has 2 N–H and O–H groups in total. The molecule has 1 fully saturated rings. The highest BCUT2D eigenvalue weighted by Gasteiger charge is 2.37. The first-order valence-corrected chi connectivity index (χ1v) is 8.10. The largest absolute Gasteiger partial charge is 0.329 e. The number of rotatable bonds is 5. The van der Waals surface area contributed by atoms with Gasteiger partial charge in [-0.15, -0.1) is 0 Å². The van der Waals surface area contributed by atoms with Crippen molar-refractivity contribution in [3.8, 4) is 0 Å². The minimum Gasteiger partial charge on any atom is -0.329 e. The normalized spacial score (nSPS) is 26.9. The van der Waals surface area contributed by atoms with Crippen LogP contribution in [0.1, 0.15) is 50.7 Å². The van der Waals surface area contributed by atoms with Crippen molar-refractivity contribution in [2.24, 2.45) is 11.7 Å². The average Bonchev–Trinajstić information content (AvgIpc) is 2.48. The summed E-state index contributed by atoms with van der Waals surface area (Å²) < 4.78 is 0. The van der Waals surface area contributed by atoms with Crippen LogP contribution in [0.4, 0.5) is 0 Å². The van der Waals surface area contributed by atoms with E-state index in [0.717, 1.165) is 25.6 Å². The summed E-state index contributed by atoms with van der Waals surface area (Å²) >= 11 is 0. The van der Waals surface area contributed by atoms with E-state index < -0.39 is 0 Å². The van der Waals surface area contributed by atoms with E-state index in [1.807, 2.05) is 0 Å². The minimum absolute atomic E-state index is 0.228. The Morgan fingerprint density at radius 2 is 1.80 bits per heavy atom. The summed E-state index contributed by atoms with van der Waals surface area (Å²) in [5.41, 5.74) is 9.16. The zero-order valence-electron chi connectivity index (χ0n) is 13.4. The summed E-state index contributed by atoms with van der Waals surface area (Å²) in [6.45, 7) is 9.69. The monoisotopic (exact) mass is 274 g/mol. The molecule has 1 aromatic carbocycles. The molecule has 0 heterocycles. The van der Waals surface area contributed by atoms with E-state index in [2.05, 4.69) is 49.9 Å². The third kappa shape index (κ3) is 3.42. The highest BCUT2D eigenvalue weighted by molar-refractivity contribution is 5.21. The smallest absolute Gasteiger partial charge is 0.0335 e. The van der Waals surface area contributed by atoms with Crippen molar-refractivity contribution >= 4 is 0 Å². The number of aryl methyl sites for hydroxylation is 1. The van der Waals surface area contributed by atoms with Gasteiger partial charge >= 0.3 is 0 Å². The van der Waals surface area contributed by atoms with Gasteiger partial charge in [-0.3, -0.25) is 4.90 Å². The maximum absolute atomic E-state index is 6.20. The first-order valence-electron chi connectivity index (χ1n) is 8.10. The molecule has 0 unspecified atom stereocenters. The highest BCUT2D eigenvalue weighted by atomic mass is 15.2. The second-order valence-corrected chi connectivity index (χ2v) is 6.61.